The molecule has 2 heterocycles. The van der Waals surface area contributed by atoms with E-state index in [2.05, 4.69) is 20.4 Å². The summed E-state index contributed by atoms with van der Waals surface area (Å²) in [5, 5.41) is 9.78. The van der Waals surface area contributed by atoms with E-state index in [1.807, 2.05) is 14.0 Å². The van der Waals surface area contributed by atoms with Gasteiger partial charge < -0.3 is 19.7 Å². The summed E-state index contributed by atoms with van der Waals surface area (Å²) in [4.78, 5) is 14.6. The molecule has 0 spiro atoms. The van der Waals surface area contributed by atoms with Gasteiger partial charge in [0.25, 0.3) is 5.91 Å². The molecular formula is C18H23FN4O3. The molecule has 2 aromatic rings. The van der Waals surface area contributed by atoms with Gasteiger partial charge in [0.2, 0.25) is 0 Å². The number of likely N-dealkylation sites (N-methyl/N-ethyl adjacent to an activating group) is 1. The van der Waals surface area contributed by atoms with Crippen molar-refractivity contribution in [1.82, 2.24) is 20.4 Å². The zero-order valence-electron chi connectivity index (χ0n) is 14.9. The normalized spacial score (nSPS) is 20.3. The van der Waals surface area contributed by atoms with Gasteiger partial charge in [-0.1, -0.05) is 6.07 Å². The Morgan fingerprint density at radius 1 is 1.42 bits per heavy atom. The number of likely N-dealkylation sites (tertiary alicyclic amines) is 1. The average Bonchev–Trinajstić information content (AvgIpc) is 3.20. The van der Waals surface area contributed by atoms with Crippen molar-refractivity contribution in [2.45, 2.75) is 25.7 Å². The van der Waals surface area contributed by atoms with Gasteiger partial charge >= 0.3 is 0 Å². The molecule has 7 nitrogen and oxygen atoms in total. The van der Waals surface area contributed by atoms with E-state index in [4.69, 9.17) is 9.47 Å². The number of halogens is 1. The average molecular weight is 362 g/mol. The summed E-state index contributed by atoms with van der Waals surface area (Å²) in [5.74, 6) is -0.208. The Labute approximate surface area is 151 Å². The maximum atomic E-state index is 13.1. The fourth-order valence-corrected chi connectivity index (χ4v) is 3.00. The van der Waals surface area contributed by atoms with Crippen LogP contribution in [-0.4, -0.2) is 59.9 Å². The maximum Gasteiger partial charge on any atom is 0.272 e. The van der Waals surface area contributed by atoms with Crippen LogP contribution in [0.1, 0.15) is 23.1 Å². The molecule has 2 N–H and O–H groups in total. The third-order valence-corrected chi connectivity index (χ3v) is 4.20. The summed E-state index contributed by atoms with van der Waals surface area (Å²) in [6, 6.07) is 7.44. The highest BCUT2D eigenvalue weighted by Gasteiger charge is 2.33. The predicted molar refractivity (Wildman–Crippen MR) is 93.5 cm³/mol. The fourth-order valence-electron chi connectivity index (χ4n) is 3.00. The van der Waals surface area contributed by atoms with E-state index in [1.165, 1.54) is 12.1 Å². The highest BCUT2D eigenvalue weighted by Crippen LogP contribution is 2.15. The topological polar surface area (TPSA) is 79.5 Å². The van der Waals surface area contributed by atoms with Crippen molar-refractivity contribution in [3.05, 3.63) is 47.5 Å². The van der Waals surface area contributed by atoms with Crippen LogP contribution in [0.2, 0.25) is 0 Å². The lowest BCUT2D eigenvalue weighted by molar-refractivity contribution is 0.0512. The van der Waals surface area contributed by atoms with E-state index >= 15 is 0 Å². The van der Waals surface area contributed by atoms with Crippen molar-refractivity contribution in [3.63, 3.8) is 0 Å². The number of hydrogen-bond donors (Lipinski definition) is 2. The number of aromatic nitrogens is 2. The van der Waals surface area contributed by atoms with Crippen LogP contribution in [0, 0.1) is 5.82 Å². The maximum absolute atomic E-state index is 13.1. The number of carbonyl (C=O) groups excluding carboxylic acids is 1. The first kappa shape index (κ1) is 18.3. The number of ether oxygens (including phenoxy) is 2. The lowest BCUT2D eigenvalue weighted by Crippen LogP contribution is -2.44. The number of H-pyrrole nitrogens is 1. The minimum Gasteiger partial charge on any atom is -0.487 e. The number of benzene rings is 1. The van der Waals surface area contributed by atoms with Crippen molar-refractivity contribution in [2.24, 2.45) is 0 Å². The Morgan fingerprint density at radius 3 is 3.04 bits per heavy atom. The van der Waals surface area contributed by atoms with E-state index in [9.17, 15) is 9.18 Å². The summed E-state index contributed by atoms with van der Waals surface area (Å²) in [7, 11) is 1.99. The summed E-state index contributed by atoms with van der Waals surface area (Å²) in [5.41, 5.74) is 0.914. The van der Waals surface area contributed by atoms with Crippen LogP contribution in [0.4, 0.5) is 4.39 Å². The van der Waals surface area contributed by atoms with Crippen molar-refractivity contribution in [3.8, 4) is 5.75 Å². The van der Waals surface area contributed by atoms with E-state index in [0.29, 0.717) is 18.1 Å². The molecule has 1 amide bonds. The Hall–Kier alpha value is -2.45. The molecule has 3 rings (SSSR count). The molecule has 1 fully saturated rings. The summed E-state index contributed by atoms with van der Waals surface area (Å²) >= 11 is 0. The van der Waals surface area contributed by atoms with Crippen LogP contribution in [0.5, 0.6) is 5.75 Å². The van der Waals surface area contributed by atoms with Crippen molar-refractivity contribution in [2.75, 3.05) is 26.7 Å². The van der Waals surface area contributed by atoms with Gasteiger partial charge in [-0.05, 0) is 32.2 Å². The molecule has 1 saturated heterocycles. The van der Waals surface area contributed by atoms with Gasteiger partial charge in [0.15, 0.2) is 0 Å². The quantitative estimate of drug-likeness (QED) is 0.782. The summed E-state index contributed by atoms with van der Waals surface area (Å²) in [6.07, 6.45) is -0.0244. The van der Waals surface area contributed by atoms with Crippen LogP contribution < -0.4 is 10.1 Å². The van der Waals surface area contributed by atoms with Crippen LogP contribution in [-0.2, 0) is 11.3 Å². The molecule has 0 radical (unpaired) electrons. The third kappa shape index (κ3) is 4.59. The van der Waals surface area contributed by atoms with Crippen LogP contribution in [0.3, 0.4) is 0 Å². The molecule has 0 bridgehead atoms. The first-order valence-electron chi connectivity index (χ1n) is 8.59. The number of hydrogen-bond acceptors (Lipinski definition) is 5. The number of nitrogens with zero attached hydrogens (tertiary/aromatic N) is 2. The second-order valence-electron chi connectivity index (χ2n) is 6.32. The summed E-state index contributed by atoms with van der Waals surface area (Å²) in [6.45, 7) is 4.23. The largest absolute Gasteiger partial charge is 0.487 e. The minimum atomic E-state index is -0.363. The Morgan fingerprint density at radius 2 is 2.27 bits per heavy atom. The lowest BCUT2D eigenvalue weighted by atomic mass is 10.2. The van der Waals surface area contributed by atoms with Crippen molar-refractivity contribution >= 4 is 5.91 Å². The highest BCUT2D eigenvalue weighted by atomic mass is 19.1. The van der Waals surface area contributed by atoms with Crippen LogP contribution >= 0.6 is 0 Å². The molecule has 1 aliphatic heterocycles. The smallest absolute Gasteiger partial charge is 0.272 e. The van der Waals surface area contributed by atoms with Gasteiger partial charge in [0, 0.05) is 25.8 Å². The lowest BCUT2D eigenvalue weighted by Gasteiger charge is -2.19. The highest BCUT2D eigenvalue weighted by molar-refractivity contribution is 5.92. The molecular weight excluding hydrogens is 339 g/mol. The molecule has 0 aliphatic carbocycles. The van der Waals surface area contributed by atoms with Gasteiger partial charge in [-0.25, -0.2) is 4.39 Å². The SMILES string of the molecule is CCO[C@@H]1CN(C)C[C@H]1NC(=O)c1cc(COc2cccc(F)c2)[nH]n1. The van der Waals surface area contributed by atoms with Gasteiger partial charge in [0.1, 0.15) is 23.9 Å². The van der Waals surface area contributed by atoms with Gasteiger partial charge in [-0.2, -0.15) is 5.10 Å². The molecule has 8 heteroatoms. The van der Waals surface area contributed by atoms with Crippen molar-refractivity contribution < 1.29 is 18.7 Å². The molecule has 1 aromatic heterocycles. The van der Waals surface area contributed by atoms with E-state index < -0.39 is 0 Å². The first-order chi connectivity index (χ1) is 12.5. The molecule has 140 valence electrons. The Bertz CT molecular complexity index is 752. The number of amides is 1. The molecule has 26 heavy (non-hydrogen) atoms. The van der Waals surface area contributed by atoms with Gasteiger partial charge in [-0.3, -0.25) is 9.89 Å². The van der Waals surface area contributed by atoms with E-state index in [0.717, 1.165) is 13.1 Å². The second-order valence-corrected chi connectivity index (χ2v) is 6.32. The number of nitrogens with one attached hydrogen (secondary N) is 2. The summed E-state index contributed by atoms with van der Waals surface area (Å²) < 4.78 is 24.3. The zero-order valence-corrected chi connectivity index (χ0v) is 14.9. The van der Waals surface area contributed by atoms with Crippen molar-refractivity contribution in [1.29, 1.82) is 0 Å². The van der Waals surface area contributed by atoms with Crippen LogP contribution in [0.25, 0.3) is 0 Å². The molecule has 0 saturated carbocycles. The minimum absolute atomic E-state index is 0.0244. The molecule has 1 aromatic carbocycles. The first-order valence-corrected chi connectivity index (χ1v) is 8.59. The number of aromatic amines is 1. The Kier molecular flexibility index (Phi) is 5.85. The zero-order chi connectivity index (χ0) is 18.5. The van der Waals surface area contributed by atoms with E-state index in [-0.39, 0.29) is 36.2 Å². The number of carbonyl (C=O) groups is 1. The Balaban J connectivity index is 1.56. The number of rotatable bonds is 7. The second kappa shape index (κ2) is 8.29. The molecule has 0 unspecified atom stereocenters. The third-order valence-electron chi connectivity index (χ3n) is 4.20. The monoisotopic (exact) mass is 362 g/mol. The van der Waals surface area contributed by atoms with Crippen LogP contribution in [0.15, 0.2) is 30.3 Å². The fraction of sp³-hybridized carbons (Fsp3) is 0.444. The molecule has 1 aliphatic rings. The van der Waals surface area contributed by atoms with E-state index in [1.54, 1.807) is 18.2 Å². The van der Waals surface area contributed by atoms with Gasteiger partial charge in [0.05, 0.1) is 17.8 Å². The standard InChI is InChI=1S/C18H23FN4O3/c1-3-25-17-10-23(2)9-16(17)20-18(24)15-8-13(21-22-15)11-26-14-6-4-5-12(19)7-14/h4-8,16-17H,3,9-11H2,1-2H3,(H,20,24)(H,21,22)/t16-,17-/m1/s1. The van der Waals surface area contributed by atoms with Gasteiger partial charge in [-0.15, -0.1) is 0 Å². The molecule has 2 atom stereocenters. The predicted octanol–water partition coefficient (Wildman–Crippen LogP) is 1.58.